The summed E-state index contributed by atoms with van der Waals surface area (Å²) < 4.78 is 0. The summed E-state index contributed by atoms with van der Waals surface area (Å²) in [6.45, 7) is 1.46. The highest BCUT2D eigenvalue weighted by atomic mass is 16.1. The van der Waals surface area contributed by atoms with E-state index in [1.165, 1.54) is 6.92 Å². The van der Waals surface area contributed by atoms with Gasteiger partial charge in [0.05, 0.1) is 11.5 Å². The lowest BCUT2D eigenvalue weighted by atomic mass is 9.86. The van der Waals surface area contributed by atoms with Gasteiger partial charge in [0.25, 0.3) is 0 Å². The Morgan fingerprint density at radius 3 is 2.68 bits per heavy atom. The molecule has 3 heteroatoms. The number of carbonyl (C=O) groups excluding carboxylic acids is 3. The van der Waals surface area contributed by atoms with Crippen LogP contribution in [-0.4, -0.2) is 17.9 Å². The molecule has 0 radical (unpaired) electrons. The third-order valence-electron chi connectivity index (χ3n) is 3.19. The number of hydrogen-bond acceptors (Lipinski definition) is 3. The molecular weight excluding hydrogens is 240 g/mol. The van der Waals surface area contributed by atoms with Gasteiger partial charge in [-0.2, -0.15) is 0 Å². The fourth-order valence-corrected chi connectivity index (χ4v) is 2.32. The number of rotatable bonds is 3. The molecule has 0 fully saturated rings. The van der Waals surface area contributed by atoms with E-state index in [2.05, 4.69) is 0 Å². The van der Waals surface area contributed by atoms with Gasteiger partial charge in [-0.3, -0.25) is 14.4 Å². The lowest BCUT2D eigenvalue weighted by molar-refractivity contribution is -0.123. The molecule has 1 aliphatic rings. The zero-order chi connectivity index (χ0) is 13.1. The van der Waals surface area contributed by atoms with Crippen molar-refractivity contribution in [1.29, 1.82) is 0 Å². The summed E-state index contributed by atoms with van der Waals surface area (Å²) in [5.74, 6) is -0.807. The van der Waals surface area contributed by atoms with Crippen LogP contribution in [0.3, 0.4) is 0 Å². The van der Waals surface area contributed by atoms with Crippen molar-refractivity contribution in [2.45, 2.75) is 33.1 Å². The Morgan fingerprint density at radius 2 is 2.05 bits per heavy atom. The number of fused-ring (bicyclic) bond motifs is 1. The van der Waals surface area contributed by atoms with E-state index in [-0.39, 0.29) is 31.0 Å². The molecule has 1 atom stereocenters. The average Bonchev–Trinajstić information content (AvgIpc) is 2.48. The first-order valence-electron chi connectivity index (χ1n) is 5.90. The number of Topliss-reactive ketones (excluding diaryl/α,β-unsaturated/α-hetero) is 2. The normalized spacial score (nSPS) is 17.6. The van der Waals surface area contributed by atoms with E-state index in [1.807, 2.05) is 24.3 Å². The summed E-state index contributed by atoms with van der Waals surface area (Å²) in [4.78, 5) is 34.5. The van der Waals surface area contributed by atoms with Crippen LogP contribution in [0, 0.1) is 0 Å². The van der Waals surface area contributed by atoms with Gasteiger partial charge in [0.2, 0.25) is 0 Å². The summed E-state index contributed by atoms with van der Waals surface area (Å²) >= 11 is 0. The molecule has 3 nitrogen and oxygen atoms in total. The minimum Gasteiger partial charge on any atom is -0.300 e. The van der Waals surface area contributed by atoms with Crippen LogP contribution in [0.4, 0.5) is 0 Å². The molecule has 100 valence electrons. The molecule has 1 unspecified atom stereocenters. The molecule has 1 aromatic carbocycles. The minimum atomic E-state index is -0.516. The van der Waals surface area contributed by atoms with Crippen LogP contribution in [0.25, 0.3) is 0 Å². The summed E-state index contributed by atoms with van der Waals surface area (Å²) in [5.41, 5.74) is 2.05. The molecule has 0 spiro atoms. The van der Waals surface area contributed by atoms with Crippen molar-refractivity contribution in [3.8, 4) is 0 Å². The first-order valence-corrected chi connectivity index (χ1v) is 5.90. The van der Waals surface area contributed by atoms with Gasteiger partial charge >= 0.3 is 0 Å². The van der Waals surface area contributed by atoms with Crippen LogP contribution in [0.5, 0.6) is 0 Å². The highest BCUT2D eigenvalue weighted by Crippen LogP contribution is 2.30. The van der Waals surface area contributed by atoms with E-state index in [1.54, 1.807) is 6.08 Å². The van der Waals surface area contributed by atoms with Crippen molar-refractivity contribution < 1.29 is 14.4 Å². The Hall–Kier alpha value is -2.03. The second-order valence-corrected chi connectivity index (χ2v) is 4.50. The minimum absolute atomic E-state index is 0. The van der Waals surface area contributed by atoms with Crippen molar-refractivity contribution in [3.05, 3.63) is 47.0 Å². The van der Waals surface area contributed by atoms with Crippen LogP contribution in [0.15, 0.2) is 35.9 Å². The third kappa shape index (κ3) is 3.05. The van der Waals surface area contributed by atoms with Crippen LogP contribution in [0.1, 0.15) is 37.8 Å². The molecule has 0 heterocycles. The molecule has 0 aromatic heterocycles. The summed E-state index contributed by atoms with van der Waals surface area (Å²) in [6, 6.07) is 7.54. The summed E-state index contributed by atoms with van der Waals surface area (Å²) in [7, 11) is 0. The number of aldehydes is 1. The van der Waals surface area contributed by atoms with Gasteiger partial charge in [-0.05, 0) is 24.5 Å². The molecule has 0 amide bonds. The molecule has 0 aliphatic heterocycles. The molecule has 0 saturated heterocycles. The number of hydrogen-bond donors (Lipinski definition) is 0. The number of carbonyl (C=O) groups is 3. The fourth-order valence-electron chi connectivity index (χ4n) is 2.32. The van der Waals surface area contributed by atoms with Crippen molar-refractivity contribution in [1.82, 2.24) is 0 Å². The van der Waals surface area contributed by atoms with E-state index in [9.17, 15) is 14.4 Å². The molecule has 0 bridgehead atoms. The highest BCUT2D eigenvalue weighted by molar-refractivity contribution is 6.15. The summed E-state index contributed by atoms with van der Waals surface area (Å²) in [6.07, 6.45) is 2.95. The van der Waals surface area contributed by atoms with Crippen molar-refractivity contribution in [2.24, 2.45) is 0 Å². The first-order chi connectivity index (χ1) is 8.63. The predicted octanol–water partition coefficient (Wildman–Crippen LogP) is 2.64. The van der Waals surface area contributed by atoms with E-state index >= 15 is 0 Å². The van der Waals surface area contributed by atoms with Gasteiger partial charge in [-0.15, -0.1) is 0 Å². The number of benzene rings is 1. The molecule has 2 rings (SSSR count). The molecule has 1 aromatic rings. The first kappa shape index (κ1) is 15.0. The van der Waals surface area contributed by atoms with E-state index < -0.39 is 5.92 Å². The maximum absolute atomic E-state index is 12.2. The fraction of sp³-hybridized carbons (Fsp3) is 0.312. The predicted molar refractivity (Wildman–Crippen MR) is 74.1 cm³/mol. The molecule has 0 saturated carbocycles. The zero-order valence-corrected chi connectivity index (χ0v) is 10.2. The van der Waals surface area contributed by atoms with E-state index in [0.29, 0.717) is 12.7 Å². The molecular formula is C16H18O3. The number of allylic oxidation sites excluding steroid dienone is 2. The average molecular weight is 258 g/mol. The van der Waals surface area contributed by atoms with E-state index in [0.717, 1.165) is 11.1 Å². The lowest BCUT2D eigenvalue weighted by Gasteiger charge is -2.15. The topological polar surface area (TPSA) is 51.2 Å². The SMILES string of the molecule is C.CC(=O)CC1C(=O)C(C=O)=CCc2ccccc21. The third-order valence-corrected chi connectivity index (χ3v) is 3.19. The quantitative estimate of drug-likeness (QED) is 0.618. The van der Waals surface area contributed by atoms with Crippen molar-refractivity contribution in [2.75, 3.05) is 0 Å². The van der Waals surface area contributed by atoms with Crippen molar-refractivity contribution in [3.63, 3.8) is 0 Å². The van der Waals surface area contributed by atoms with Gasteiger partial charge in [0, 0.05) is 6.42 Å². The monoisotopic (exact) mass is 258 g/mol. The summed E-state index contributed by atoms with van der Waals surface area (Å²) in [5, 5.41) is 0. The zero-order valence-electron chi connectivity index (χ0n) is 10.2. The lowest BCUT2D eigenvalue weighted by Crippen LogP contribution is -2.17. The second-order valence-electron chi connectivity index (χ2n) is 4.50. The van der Waals surface area contributed by atoms with Crippen LogP contribution < -0.4 is 0 Å². The highest BCUT2D eigenvalue weighted by Gasteiger charge is 2.28. The van der Waals surface area contributed by atoms with Gasteiger partial charge in [0.15, 0.2) is 12.1 Å². The Labute approximate surface area is 113 Å². The van der Waals surface area contributed by atoms with E-state index in [4.69, 9.17) is 0 Å². The maximum atomic E-state index is 12.2. The molecule has 19 heavy (non-hydrogen) atoms. The van der Waals surface area contributed by atoms with Crippen LogP contribution >= 0.6 is 0 Å². The van der Waals surface area contributed by atoms with Crippen LogP contribution in [0.2, 0.25) is 0 Å². The molecule has 0 N–H and O–H groups in total. The Balaban J connectivity index is 0.00000180. The second kappa shape index (κ2) is 6.23. The Kier molecular flexibility index (Phi) is 4.93. The standard InChI is InChI=1S/C15H14O3.CH4/c1-10(17)8-14-13-5-3-2-4-11(13)6-7-12(9-16)15(14)18;/h2-5,7,9,14H,6,8H2,1H3;1H4. The Bertz CT molecular complexity index is 541. The van der Waals surface area contributed by atoms with Gasteiger partial charge in [-0.25, -0.2) is 0 Å². The smallest absolute Gasteiger partial charge is 0.173 e. The van der Waals surface area contributed by atoms with Gasteiger partial charge < -0.3 is 0 Å². The Morgan fingerprint density at radius 1 is 1.37 bits per heavy atom. The largest absolute Gasteiger partial charge is 0.300 e. The van der Waals surface area contributed by atoms with Gasteiger partial charge in [-0.1, -0.05) is 37.8 Å². The van der Waals surface area contributed by atoms with Crippen LogP contribution in [-0.2, 0) is 20.8 Å². The number of ketones is 2. The maximum Gasteiger partial charge on any atom is 0.173 e. The van der Waals surface area contributed by atoms with Crippen molar-refractivity contribution >= 4 is 17.9 Å². The van der Waals surface area contributed by atoms with Gasteiger partial charge in [0.1, 0.15) is 5.78 Å². The molecule has 1 aliphatic carbocycles.